The molecule has 0 N–H and O–H groups in total. The molecular weight excluding hydrogens is 713 g/mol. The molecule has 5 heteroatoms. The largest absolute Gasteiger partial charge is 0.309 e. The first kappa shape index (κ1) is 32.0. The maximum Gasteiger partial charge on any atom is 0.160 e. The van der Waals surface area contributed by atoms with E-state index < -0.39 is 0 Å². The lowest BCUT2D eigenvalue weighted by Crippen LogP contribution is -1.97. The van der Waals surface area contributed by atoms with Gasteiger partial charge in [-0.1, -0.05) is 146 Å². The molecule has 0 unspecified atom stereocenters. The average Bonchev–Trinajstić information content (AvgIpc) is 3.95. The molecule has 0 amide bonds. The Morgan fingerprint density at radius 1 is 0.368 bits per heavy atom. The summed E-state index contributed by atoms with van der Waals surface area (Å²) in [7, 11) is 0. The predicted molar refractivity (Wildman–Crippen MR) is 240 cm³/mol. The van der Waals surface area contributed by atoms with Gasteiger partial charge in [-0.2, -0.15) is 0 Å². The molecule has 0 saturated carbocycles. The maximum atomic E-state index is 5.13. The molecule has 266 valence electrons. The quantitative estimate of drug-likeness (QED) is 0.176. The van der Waals surface area contributed by atoms with Crippen LogP contribution in [0, 0.1) is 0 Å². The summed E-state index contributed by atoms with van der Waals surface area (Å²) in [6.07, 6.45) is 0. The van der Waals surface area contributed by atoms with Crippen LogP contribution in [0.5, 0.6) is 0 Å². The summed E-state index contributed by atoms with van der Waals surface area (Å²) < 4.78 is 7.56. The first-order chi connectivity index (χ1) is 28.3. The van der Waals surface area contributed by atoms with E-state index in [4.69, 9.17) is 9.97 Å². The highest BCUT2D eigenvalue weighted by atomic mass is 32.1. The van der Waals surface area contributed by atoms with Crippen LogP contribution in [-0.2, 0) is 0 Å². The second-order valence-electron chi connectivity index (χ2n) is 14.5. The lowest BCUT2D eigenvalue weighted by Gasteiger charge is -2.13. The van der Waals surface area contributed by atoms with E-state index in [9.17, 15) is 0 Å². The van der Waals surface area contributed by atoms with Crippen LogP contribution in [0.4, 0.5) is 0 Å². The molecular formula is C52H32N4S. The van der Waals surface area contributed by atoms with Crippen LogP contribution in [0.2, 0.25) is 0 Å². The van der Waals surface area contributed by atoms with Crippen molar-refractivity contribution in [1.82, 2.24) is 19.1 Å². The zero-order valence-electron chi connectivity index (χ0n) is 30.7. The van der Waals surface area contributed by atoms with E-state index in [1.807, 2.05) is 35.6 Å². The van der Waals surface area contributed by atoms with Gasteiger partial charge in [0.15, 0.2) is 5.82 Å². The zero-order valence-corrected chi connectivity index (χ0v) is 31.5. The number of hydrogen-bond acceptors (Lipinski definition) is 3. The summed E-state index contributed by atoms with van der Waals surface area (Å²) in [4.78, 5) is 10.2. The second-order valence-corrected chi connectivity index (χ2v) is 15.6. The maximum absolute atomic E-state index is 5.13. The topological polar surface area (TPSA) is 35.6 Å². The van der Waals surface area contributed by atoms with Crippen molar-refractivity contribution in [3.8, 4) is 45.3 Å². The Bertz CT molecular complexity index is 3430. The summed E-state index contributed by atoms with van der Waals surface area (Å²) in [5.74, 6) is 0.712. The van der Waals surface area contributed by atoms with Gasteiger partial charge in [0.2, 0.25) is 0 Å². The van der Waals surface area contributed by atoms with Gasteiger partial charge in [-0.25, -0.2) is 9.97 Å². The fourth-order valence-electron chi connectivity index (χ4n) is 8.85. The van der Waals surface area contributed by atoms with Gasteiger partial charge in [-0.05, 0) is 48.5 Å². The van der Waals surface area contributed by atoms with E-state index in [-0.39, 0.29) is 0 Å². The summed E-state index contributed by atoms with van der Waals surface area (Å²) >= 11 is 1.89. The molecule has 0 spiro atoms. The highest BCUT2D eigenvalue weighted by molar-refractivity contribution is 7.27. The predicted octanol–water partition coefficient (Wildman–Crippen LogP) is 14.0. The molecule has 0 aliphatic heterocycles. The number of fused-ring (bicyclic) bond motifs is 12. The minimum atomic E-state index is 0.712. The molecule has 12 aromatic rings. The molecule has 12 rings (SSSR count). The monoisotopic (exact) mass is 744 g/mol. The highest BCUT2D eigenvalue weighted by Crippen LogP contribution is 2.51. The van der Waals surface area contributed by atoms with Crippen LogP contribution in [0.15, 0.2) is 194 Å². The van der Waals surface area contributed by atoms with Gasteiger partial charge >= 0.3 is 0 Å². The van der Waals surface area contributed by atoms with Gasteiger partial charge in [-0.15, -0.1) is 11.3 Å². The van der Waals surface area contributed by atoms with Crippen molar-refractivity contribution in [2.45, 2.75) is 0 Å². The van der Waals surface area contributed by atoms with E-state index in [1.54, 1.807) is 0 Å². The number of aromatic nitrogens is 4. The van der Waals surface area contributed by atoms with Crippen molar-refractivity contribution >= 4 is 75.1 Å². The van der Waals surface area contributed by atoms with Crippen molar-refractivity contribution in [2.24, 2.45) is 0 Å². The van der Waals surface area contributed by atoms with E-state index >= 15 is 0 Å². The molecule has 4 nitrogen and oxygen atoms in total. The van der Waals surface area contributed by atoms with Crippen molar-refractivity contribution in [2.75, 3.05) is 0 Å². The third-order valence-electron chi connectivity index (χ3n) is 11.3. The fraction of sp³-hybridized carbons (Fsp3) is 0. The van der Waals surface area contributed by atoms with E-state index in [0.29, 0.717) is 5.82 Å². The normalized spacial score (nSPS) is 11.9. The number of para-hydroxylation sites is 3. The Balaban J connectivity index is 1.16. The van der Waals surface area contributed by atoms with Crippen LogP contribution in [0.25, 0.3) is 109 Å². The standard InChI is InChI=1S/C52H32N4S/c1-4-16-33(17-5-1)41-32-42(54-52(53-41)35-18-6-2-7-19-35)34-28-30-37(31-29-34)55-43-25-13-10-22-38(43)46-47-39-23-11-14-26-44(39)56(36-20-8-3-9-21-36)50(47)51-48(49(46)55)40-24-12-15-27-45(40)57-51/h1-32H. The van der Waals surface area contributed by atoms with Crippen LogP contribution in [0.3, 0.4) is 0 Å². The summed E-state index contributed by atoms with van der Waals surface area (Å²) in [6.45, 7) is 0. The van der Waals surface area contributed by atoms with Crippen molar-refractivity contribution in [3.63, 3.8) is 0 Å². The molecule has 0 aliphatic carbocycles. The smallest absolute Gasteiger partial charge is 0.160 e. The van der Waals surface area contributed by atoms with Gasteiger partial charge in [0.25, 0.3) is 0 Å². The number of rotatable bonds is 5. The lowest BCUT2D eigenvalue weighted by molar-refractivity contribution is 1.17. The van der Waals surface area contributed by atoms with Gasteiger partial charge < -0.3 is 9.13 Å². The zero-order chi connectivity index (χ0) is 37.5. The van der Waals surface area contributed by atoms with Gasteiger partial charge in [0.05, 0.1) is 38.2 Å². The molecule has 8 aromatic carbocycles. The SMILES string of the molecule is c1ccc(-c2cc(-c3ccc(-n4c5ccccc5c5c6c7ccccc7n(-c7ccccc7)c6c6sc7ccccc7c6c54)cc3)nc(-c3ccccc3)n2)cc1. The van der Waals surface area contributed by atoms with Crippen molar-refractivity contribution < 1.29 is 0 Å². The van der Waals surface area contributed by atoms with Crippen LogP contribution >= 0.6 is 11.3 Å². The first-order valence-electron chi connectivity index (χ1n) is 19.3. The van der Waals surface area contributed by atoms with Gasteiger partial charge in [0.1, 0.15) is 0 Å². The summed E-state index contributed by atoms with van der Waals surface area (Å²) in [6, 6.07) is 69.2. The first-order valence-corrected chi connectivity index (χ1v) is 20.1. The molecule has 0 atom stereocenters. The van der Waals surface area contributed by atoms with Gasteiger partial charge in [-0.3, -0.25) is 0 Å². The molecule has 4 aromatic heterocycles. The number of thiophene rings is 1. The Morgan fingerprint density at radius 2 is 0.842 bits per heavy atom. The lowest BCUT2D eigenvalue weighted by atomic mass is 10.0. The van der Waals surface area contributed by atoms with Crippen molar-refractivity contribution in [1.29, 1.82) is 0 Å². The molecule has 0 bridgehead atoms. The molecule has 57 heavy (non-hydrogen) atoms. The Hall–Kier alpha value is -7.34. The Kier molecular flexibility index (Phi) is 7.06. The Morgan fingerprint density at radius 3 is 1.49 bits per heavy atom. The molecule has 0 saturated heterocycles. The number of nitrogens with zero attached hydrogens (tertiary/aromatic N) is 4. The van der Waals surface area contributed by atoms with Gasteiger partial charge in [0, 0.05) is 65.1 Å². The minimum Gasteiger partial charge on any atom is -0.309 e. The molecule has 0 aliphatic rings. The third kappa shape index (κ3) is 4.86. The van der Waals surface area contributed by atoms with E-state index in [2.05, 4.69) is 179 Å². The van der Waals surface area contributed by atoms with Crippen LogP contribution in [0.1, 0.15) is 0 Å². The third-order valence-corrected chi connectivity index (χ3v) is 12.5. The van der Waals surface area contributed by atoms with E-state index in [0.717, 1.165) is 39.5 Å². The Labute approximate surface area is 332 Å². The fourth-order valence-corrected chi connectivity index (χ4v) is 10.1. The molecule has 0 fully saturated rings. The minimum absolute atomic E-state index is 0.712. The molecule has 0 radical (unpaired) electrons. The summed E-state index contributed by atoms with van der Waals surface area (Å²) in [5.41, 5.74) is 12.0. The molecule has 4 heterocycles. The highest BCUT2D eigenvalue weighted by Gasteiger charge is 2.26. The second kappa shape index (κ2) is 12.6. The van der Waals surface area contributed by atoms with E-state index in [1.165, 1.54) is 63.8 Å². The average molecular weight is 745 g/mol. The number of benzene rings is 8. The summed E-state index contributed by atoms with van der Waals surface area (Å²) in [5, 5.41) is 7.63. The van der Waals surface area contributed by atoms with Crippen LogP contribution < -0.4 is 0 Å². The number of hydrogen-bond donors (Lipinski definition) is 0. The van der Waals surface area contributed by atoms with Crippen LogP contribution in [-0.4, -0.2) is 19.1 Å². The van der Waals surface area contributed by atoms with Crippen molar-refractivity contribution in [3.05, 3.63) is 194 Å².